The minimum absolute atomic E-state index is 0.157. The molecule has 4 unspecified atom stereocenters. The number of rotatable bonds is 6. The third-order valence-corrected chi connectivity index (χ3v) is 7.53. The second-order valence-electron chi connectivity index (χ2n) is 9.27. The maximum absolute atomic E-state index is 12.9. The number of pyridine rings is 2. The van der Waals surface area contributed by atoms with Gasteiger partial charge in [0.1, 0.15) is 11.4 Å². The van der Waals surface area contributed by atoms with E-state index in [0.717, 1.165) is 61.9 Å². The largest absolute Gasteiger partial charge is 0.384 e. The summed E-state index contributed by atoms with van der Waals surface area (Å²) in [7, 11) is 1.79. The van der Waals surface area contributed by atoms with Crippen LogP contribution in [0.3, 0.4) is 0 Å². The molecule has 1 saturated heterocycles. The monoisotopic (exact) mass is 420 g/mol. The number of nitrogens with one attached hydrogen (secondary N) is 1. The fraction of sp³-hybridized carbons (Fsp3) is 0.560. The molecule has 0 bridgehead atoms. The van der Waals surface area contributed by atoms with Crippen LogP contribution in [0.2, 0.25) is 0 Å². The number of likely N-dealkylation sites (tertiary alicyclic amines) is 1. The van der Waals surface area contributed by atoms with E-state index in [2.05, 4.69) is 32.0 Å². The van der Waals surface area contributed by atoms with E-state index in [1.807, 2.05) is 25.5 Å². The van der Waals surface area contributed by atoms with Crippen molar-refractivity contribution in [1.29, 1.82) is 0 Å². The summed E-state index contributed by atoms with van der Waals surface area (Å²) >= 11 is 0. The van der Waals surface area contributed by atoms with Crippen molar-refractivity contribution >= 4 is 27.7 Å². The van der Waals surface area contributed by atoms with Gasteiger partial charge in [-0.2, -0.15) is 0 Å². The first-order chi connectivity index (χ1) is 15.2. The number of ether oxygens (including phenoxy) is 1. The molecule has 1 N–H and O–H groups in total. The van der Waals surface area contributed by atoms with Crippen molar-refractivity contribution in [1.82, 2.24) is 19.9 Å². The molecule has 3 aromatic heterocycles. The first-order valence-corrected chi connectivity index (χ1v) is 11.7. The Morgan fingerprint density at radius 3 is 3.00 bits per heavy atom. The van der Waals surface area contributed by atoms with Gasteiger partial charge >= 0.3 is 0 Å². The molecule has 6 nitrogen and oxygen atoms in total. The predicted octanol–water partition coefficient (Wildman–Crippen LogP) is 4.31. The molecule has 3 aromatic rings. The number of carbonyl (C=O) groups is 1. The van der Waals surface area contributed by atoms with Gasteiger partial charge in [0.15, 0.2) is 0 Å². The number of hydrogen-bond acceptors (Lipinski definition) is 5. The standard InChI is InChI=1S/C25H32N4O2/c1-3-23(30)19-5-4-17(12-22(19)29-11-8-16(14-29)15-31-2)18-6-9-26-21-13-28-25-20(24(18)21)7-10-27-25/h6-7,9-10,13,16-17,19,22H,3-5,8,11-12,14-15H2,1-2H3,(H,27,28). The van der Waals surface area contributed by atoms with E-state index in [4.69, 9.17) is 4.74 Å². The fourth-order valence-corrected chi connectivity index (χ4v) is 6.03. The molecule has 2 aliphatic rings. The van der Waals surface area contributed by atoms with Gasteiger partial charge in [-0.25, -0.2) is 4.98 Å². The summed E-state index contributed by atoms with van der Waals surface area (Å²) in [5, 5.41) is 2.36. The zero-order valence-corrected chi connectivity index (χ0v) is 18.5. The van der Waals surface area contributed by atoms with E-state index in [9.17, 15) is 4.79 Å². The van der Waals surface area contributed by atoms with E-state index < -0.39 is 0 Å². The van der Waals surface area contributed by atoms with E-state index in [1.54, 1.807) is 7.11 Å². The Morgan fingerprint density at radius 2 is 2.16 bits per heavy atom. The molecule has 164 valence electrons. The van der Waals surface area contributed by atoms with Gasteiger partial charge in [0.25, 0.3) is 0 Å². The molecule has 0 spiro atoms. The quantitative estimate of drug-likeness (QED) is 0.643. The maximum Gasteiger partial charge on any atom is 0.137 e. The highest BCUT2D eigenvalue weighted by molar-refractivity contribution is 6.05. The van der Waals surface area contributed by atoms with Gasteiger partial charge in [0.05, 0.1) is 18.3 Å². The van der Waals surface area contributed by atoms with Crippen molar-refractivity contribution in [3.05, 3.63) is 36.3 Å². The average molecular weight is 421 g/mol. The SMILES string of the molecule is CCC(=O)C1CCC(c2ccnc3cnc4[nH]ccc4c23)CC1N1CCC(COC)C1. The van der Waals surface area contributed by atoms with Crippen molar-refractivity contribution in [2.45, 2.75) is 51.0 Å². The van der Waals surface area contributed by atoms with E-state index in [0.29, 0.717) is 30.1 Å². The molecule has 1 aliphatic carbocycles. The van der Waals surface area contributed by atoms with Crippen LogP contribution in [-0.2, 0) is 9.53 Å². The van der Waals surface area contributed by atoms with Crippen molar-refractivity contribution in [2.75, 3.05) is 26.8 Å². The lowest BCUT2D eigenvalue weighted by Gasteiger charge is -2.41. The van der Waals surface area contributed by atoms with Gasteiger partial charge in [-0.3, -0.25) is 14.7 Å². The van der Waals surface area contributed by atoms with Gasteiger partial charge in [-0.05, 0) is 61.8 Å². The number of ketones is 1. The van der Waals surface area contributed by atoms with E-state index >= 15 is 0 Å². The topological polar surface area (TPSA) is 71.1 Å². The summed E-state index contributed by atoms with van der Waals surface area (Å²) in [5.41, 5.74) is 3.22. The summed E-state index contributed by atoms with van der Waals surface area (Å²) in [4.78, 5) is 27.8. The number of nitrogens with zero attached hydrogens (tertiary/aromatic N) is 3. The zero-order chi connectivity index (χ0) is 21.4. The van der Waals surface area contributed by atoms with E-state index in [-0.39, 0.29) is 5.92 Å². The number of carbonyl (C=O) groups excluding carboxylic acids is 1. The van der Waals surface area contributed by atoms with Gasteiger partial charge in [-0.15, -0.1) is 0 Å². The smallest absolute Gasteiger partial charge is 0.137 e. The third kappa shape index (κ3) is 3.76. The molecule has 0 aromatic carbocycles. The number of H-pyrrole nitrogens is 1. The van der Waals surface area contributed by atoms with Crippen molar-refractivity contribution in [3.63, 3.8) is 0 Å². The number of aromatic amines is 1. The fourth-order valence-electron chi connectivity index (χ4n) is 6.03. The summed E-state index contributed by atoms with van der Waals surface area (Å²) in [5.74, 6) is 1.59. The highest BCUT2D eigenvalue weighted by Crippen LogP contribution is 2.43. The van der Waals surface area contributed by atoms with Crippen LogP contribution in [-0.4, -0.2) is 58.5 Å². The van der Waals surface area contributed by atoms with Crippen LogP contribution in [0.25, 0.3) is 21.9 Å². The molecule has 1 saturated carbocycles. The Labute approximate surface area is 183 Å². The maximum atomic E-state index is 12.9. The highest BCUT2D eigenvalue weighted by atomic mass is 16.5. The minimum atomic E-state index is 0.157. The predicted molar refractivity (Wildman–Crippen MR) is 122 cm³/mol. The Kier molecular flexibility index (Phi) is 5.76. The van der Waals surface area contributed by atoms with Gasteiger partial charge in [0, 0.05) is 55.2 Å². The average Bonchev–Trinajstić information content (AvgIpc) is 3.47. The Morgan fingerprint density at radius 1 is 1.26 bits per heavy atom. The molecule has 2 fully saturated rings. The minimum Gasteiger partial charge on any atom is -0.384 e. The summed E-state index contributed by atoms with van der Waals surface area (Å²) in [6.07, 6.45) is 10.6. The second kappa shape index (κ2) is 8.67. The lowest BCUT2D eigenvalue weighted by Crippen LogP contribution is -2.46. The number of aromatic nitrogens is 3. The third-order valence-electron chi connectivity index (χ3n) is 7.53. The Hall–Kier alpha value is -2.31. The van der Waals surface area contributed by atoms with Gasteiger partial charge in [0.2, 0.25) is 0 Å². The van der Waals surface area contributed by atoms with Crippen LogP contribution in [0, 0.1) is 11.8 Å². The Balaban J connectivity index is 1.49. The first-order valence-electron chi connectivity index (χ1n) is 11.7. The van der Waals surface area contributed by atoms with Crippen molar-refractivity contribution in [2.24, 2.45) is 11.8 Å². The molecule has 0 radical (unpaired) electrons. The van der Waals surface area contributed by atoms with Crippen LogP contribution in [0.5, 0.6) is 0 Å². The Bertz CT molecular complexity index is 1080. The number of fused-ring (bicyclic) bond motifs is 3. The molecule has 6 heteroatoms. The molecule has 5 rings (SSSR count). The molecule has 1 aliphatic heterocycles. The van der Waals surface area contributed by atoms with Gasteiger partial charge in [-0.1, -0.05) is 6.92 Å². The lowest BCUT2D eigenvalue weighted by atomic mass is 9.72. The summed E-state index contributed by atoms with van der Waals surface area (Å²) < 4.78 is 5.42. The second-order valence-corrected chi connectivity index (χ2v) is 9.27. The molecule has 4 atom stereocenters. The van der Waals surface area contributed by atoms with Crippen LogP contribution in [0.15, 0.2) is 30.7 Å². The van der Waals surface area contributed by atoms with Crippen molar-refractivity contribution < 1.29 is 9.53 Å². The molecule has 4 heterocycles. The van der Waals surface area contributed by atoms with Crippen LogP contribution < -0.4 is 0 Å². The van der Waals surface area contributed by atoms with E-state index in [1.165, 1.54) is 10.9 Å². The van der Waals surface area contributed by atoms with Crippen LogP contribution in [0.4, 0.5) is 0 Å². The first kappa shape index (κ1) is 20.6. The summed E-state index contributed by atoms with van der Waals surface area (Å²) in [6.45, 7) is 4.94. The van der Waals surface area contributed by atoms with Crippen molar-refractivity contribution in [3.8, 4) is 0 Å². The van der Waals surface area contributed by atoms with Crippen LogP contribution >= 0.6 is 0 Å². The number of hydrogen-bond donors (Lipinski definition) is 1. The number of Topliss-reactive ketones (excluding diaryl/α,β-unsaturated/α-hetero) is 1. The highest BCUT2D eigenvalue weighted by Gasteiger charge is 2.40. The summed E-state index contributed by atoms with van der Waals surface area (Å²) in [6, 6.07) is 4.62. The molecule has 0 amide bonds. The number of methoxy groups -OCH3 is 1. The molecular weight excluding hydrogens is 388 g/mol. The van der Waals surface area contributed by atoms with Gasteiger partial charge < -0.3 is 9.72 Å². The molecular formula is C25H32N4O2. The zero-order valence-electron chi connectivity index (χ0n) is 18.5. The van der Waals surface area contributed by atoms with Crippen LogP contribution in [0.1, 0.15) is 50.5 Å². The molecule has 31 heavy (non-hydrogen) atoms. The lowest BCUT2D eigenvalue weighted by molar-refractivity contribution is -0.126. The normalized spacial score (nSPS) is 27.3.